The molecule has 0 spiro atoms. The van der Waals surface area contributed by atoms with E-state index >= 15 is 0 Å². The van der Waals surface area contributed by atoms with Crippen LogP contribution in [0.4, 0.5) is 10.1 Å². The SMILES string of the molecule is O=C(CCNC(=O)c1ccsc1)NCc1cccc(NC(=O)c2cccc(F)c2)c1. The molecule has 3 aromatic rings. The van der Waals surface area contributed by atoms with E-state index in [1.807, 2.05) is 11.4 Å². The monoisotopic (exact) mass is 425 g/mol. The van der Waals surface area contributed by atoms with Gasteiger partial charge < -0.3 is 16.0 Å². The van der Waals surface area contributed by atoms with Crippen molar-refractivity contribution >= 4 is 34.7 Å². The number of halogens is 1. The first-order valence-electron chi connectivity index (χ1n) is 9.24. The van der Waals surface area contributed by atoms with Gasteiger partial charge in [0.25, 0.3) is 11.8 Å². The average molecular weight is 425 g/mol. The smallest absolute Gasteiger partial charge is 0.255 e. The zero-order valence-electron chi connectivity index (χ0n) is 16.0. The van der Waals surface area contributed by atoms with Crippen LogP contribution in [0.3, 0.4) is 0 Å². The maximum Gasteiger partial charge on any atom is 0.255 e. The number of benzene rings is 2. The minimum Gasteiger partial charge on any atom is -0.352 e. The summed E-state index contributed by atoms with van der Waals surface area (Å²) < 4.78 is 13.3. The molecule has 30 heavy (non-hydrogen) atoms. The lowest BCUT2D eigenvalue weighted by molar-refractivity contribution is -0.121. The fraction of sp³-hybridized carbons (Fsp3) is 0.136. The Bertz CT molecular complexity index is 1040. The van der Waals surface area contributed by atoms with Crippen molar-refractivity contribution in [3.05, 3.63) is 87.9 Å². The minimum atomic E-state index is -0.481. The lowest BCUT2D eigenvalue weighted by Gasteiger charge is -2.09. The van der Waals surface area contributed by atoms with Crippen LogP contribution < -0.4 is 16.0 Å². The molecule has 3 N–H and O–H groups in total. The molecule has 0 aliphatic heterocycles. The molecule has 6 nitrogen and oxygen atoms in total. The van der Waals surface area contributed by atoms with Gasteiger partial charge in [-0.3, -0.25) is 14.4 Å². The van der Waals surface area contributed by atoms with E-state index in [9.17, 15) is 18.8 Å². The van der Waals surface area contributed by atoms with E-state index in [0.717, 1.165) is 11.6 Å². The van der Waals surface area contributed by atoms with Crippen LogP contribution in [0.15, 0.2) is 65.4 Å². The normalized spacial score (nSPS) is 10.3. The van der Waals surface area contributed by atoms with Crippen LogP contribution in [-0.4, -0.2) is 24.3 Å². The Labute approximate surface area is 177 Å². The van der Waals surface area contributed by atoms with Gasteiger partial charge in [0.1, 0.15) is 5.82 Å². The van der Waals surface area contributed by atoms with Crippen molar-refractivity contribution in [1.29, 1.82) is 0 Å². The summed E-state index contributed by atoms with van der Waals surface area (Å²) in [4.78, 5) is 36.0. The van der Waals surface area contributed by atoms with E-state index in [1.165, 1.54) is 29.5 Å². The van der Waals surface area contributed by atoms with Crippen molar-refractivity contribution in [3.8, 4) is 0 Å². The van der Waals surface area contributed by atoms with E-state index in [4.69, 9.17) is 0 Å². The summed E-state index contributed by atoms with van der Waals surface area (Å²) >= 11 is 1.43. The second-order valence-corrected chi connectivity index (χ2v) is 7.24. The van der Waals surface area contributed by atoms with Crippen molar-refractivity contribution in [2.75, 3.05) is 11.9 Å². The van der Waals surface area contributed by atoms with Gasteiger partial charge in [0.2, 0.25) is 5.91 Å². The first-order chi connectivity index (χ1) is 14.5. The molecule has 8 heteroatoms. The molecule has 3 amide bonds. The first kappa shape index (κ1) is 21.2. The predicted octanol–water partition coefficient (Wildman–Crippen LogP) is 3.58. The highest BCUT2D eigenvalue weighted by molar-refractivity contribution is 7.08. The Morgan fingerprint density at radius 3 is 2.50 bits per heavy atom. The van der Waals surface area contributed by atoms with Gasteiger partial charge in [0, 0.05) is 41.7 Å². The standard InChI is InChI=1S/C22H20FN3O3S/c23-18-5-2-4-16(12-18)22(29)26-19-6-1-3-15(11-19)13-25-20(27)7-9-24-21(28)17-8-10-30-14-17/h1-6,8,10-12,14H,7,9,13H2,(H,24,28)(H,25,27)(H,26,29). The third-order valence-corrected chi connectivity index (χ3v) is 4.87. The second kappa shape index (κ2) is 10.3. The molecule has 0 unspecified atom stereocenters. The Hall–Kier alpha value is -3.52. The van der Waals surface area contributed by atoms with Crippen molar-refractivity contribution in [1.82, 2.24) is 10.6 Å². The quantitative estimate of drug-likeness (QED) is 0.516. The summed E-state index contributed by atoms with van der Waals surface area (Å²) in [5, 5.41) is 11.7. The maximum atomic E-state index is 13.3. The molecule has 0 aliphatic carbocycles. The van der Waals surface area contributed by atoms with Gasteiger partial charge in [-0.25, -0.2) is 4.39 Å². The fourth-order valence-corrected chi connectivity index (χ4v) is 3.30. The highest BCUT2D eigenvalue weighted by Crippen LogP contribution is 2.13. The second-order valence-electron chi connectivity index (χ2n) is 6.46. The third kappa shape index (κ3) is 6.25. The molecule has 154 valence electrons. The number of nitrogens with one attached hydrogen (secondary N) is 3. The van der Waals surface area contributed by atoms with E-state index in [1.54, 1.807) is 29.6 Å². The Morgan fingerprint density at radius 2 is 1.73 bits per heavy atom. The molecule has 0 radical (unpaired) electrons. The van der Waals surface area contributed by atoms with Gasteiger partial charge in [-0.05, 0) is 47.3 Å². The summed E-state index contributed by atoms with van der Waals surface area (Å²) in [6, 6.07) is 14.2. The lowest BCUT2D eigenvalue weighted by Crippen LogP contribution is -2.30. The van der Waals surface area contributed by atoms with Crippen LogP contribution in [0.1, 0.15) is 32.7 Å². The molecule has 0 bridgehead atoms. The molecule has 0 saturated carbocycles. The summed E-state index contributed by atoms with van der Waals surface area (Å²) in [7, 11) is 0. The molecule has 0 saturated heterocycles. The van der Waals surface area contributed by atoms with Crippen LogP contribution in [-0.2, 0) is 11.3 Å². The van der Waals surface area contributed by atoms with Crippen LogP contribution >= 0.6 is 11.3 Å². The largest absolute Gasteiger partial charge is 0.352 e. The molecular weight excluding hydrogens is 405 g/mol. The lowest BCUT2D eigenvalue weighted by atomic mass is 10.1. The topological polar surface area (TPSA) is 87.3 Å². The molecule has 0 atom stereocenters. The number of carbonyl (C=O) groups is 3. The van der Waals surface area contributed by atoms with Gasteiger partial charge in [-0.2, -0.15) is 11.3 Å². The number of amides is 3. The van der Waals surface area contributed by atoms with Crippen LogP contribution in [0.2, 0.25) is 0 Å². The number of carbonyl (C=O) groups excluding carboxylic acids is 3. The molecule has 2 aromatic carbocycles. The number of hydrogen-bond donors (Lipinski definition) is 3. The average Bonchev–Trinajstić information content (AvgIpc) is 3.27. The molecule has 0 aliphatic rings. The summed E-state index contributed by atoms with van der Waals surface area (Å²) in [5.41, 5.74) is 2.14. The van der Waals surface area contributed by atoms with Crippen molar-refractivity contribution in [2.24, 2.45) is 0 Å². The van der Waals surface area contributed by atoms with Crippen LogP contribution in [0, 0.1) is 5.82 Å². The minimum absolute atomic E-state index is 0.159. The first-order valence-corrected chi connectivity index (χ1v) is 10.2. The Kier molecular flexibility index (Phi) is 7.29. The summed E-state index contributed by atoms with van der Waals surface area (Å²) in [5.74, 6) is -1.30. The van der Waals surface area contributed by atoms with Crippen molar-refractivity contribution in [3.63, 3.8) is 0 Å². The fourth-order valence-electron chi connectivity index (χ4n) is 2.67. The van der Waals surface area contributed by atoms with Gasteiger partial charge in [0.15, 0.2) is 0 Å². The number of anilines is 1. The summed E-state index contributed by atoms with van der Waals surface area (Å²) in [6.07, 6.45) is 0.159. The van der Waals surface area contributed by atoms with Crippen molar-refractivity contribution in [2.45, 2.75) is 13.0 Å². The summed E-state index contributed by atoms with van der Waals surface area (Å²) in [6.45, 7) is 0.519. The van der Waals surface area contributed by atoms with E-state index < -0.39 is 11.7 Å². The highest BCUT2D eigenvalue weighted by Gasteiger charge is 2.09. The molecule has 1 heterocycles. The van der Waals surface area contributed by atoms with Crippen LogP contribution in [0.5, 0.6) is 0 Å². The van der Waals surface area contributed by atoms with E-state index in [0.29, 0.717) is 11.3 Å². The van der Waals surface area contributed by atoms with Gasteiger partial charge in [-0.1, -0.05) is 18.2 Å². The molecular formula is C22H20FN3O3S. The molecule has 0 fully saturated rings. The third-order valence-electron chi connectivity index (χ3n) is 4.18. The zero-order valence-corrected chi connectivity index (χ0v) is 16.8. The molecule has 3 rings (SSSR count). The number of rotatable bonds is 8. The van der Waals surface area contributed by atoms with Gasteiger partial charge in [-0.15, -0.1) is 0 Å². The Morgan fingerprint density at radius 1 is 0.900 bits per heavy atom. The Balaban J connectivity index is 1.45. The van der Waals surface area contributed by atoms with Gasteiger partial charge >= 0.3 is 0 Å². The number of hydrogen-bond acceptors (Lipinski definition) is 4. The van der Waals surface area contributed by atoms with E-state index in [2.05, 4.69) is 16.0 Å². The van der Waals surface area contributed by atoms with Crippen LogP contribution in [0.25, 0.3) is 0 Å². The maximum absolute atomic E-state index is 13.3. The predicted molar refractivity (Wildman–Crippen MR) is 114 cm³/mol. The number of thiophene rings is 1. The molecule has 1 aromatic heterocycles. The zero-order chi connectivity index (χ0) is 21.3. The van der Waals surface area contributed by atoms with Gasteiger partial charge in [0.05, 0.1) is 0 Å². The highest BCUT2D eigenvalue weighted by atomic mass is 32.1. The van der Waals surface area contributed by atoms with Crippen molar-refractivity contribution < 1.29 is 18.8 Å². The van der Waals surface area contributed by atoms with E-state index in [-0.39, 0.29) is 36.9 Å².